The summed E-state index contributed by atoms with van der Waals surface area (Å²) in [6.07, 6.45) is -0.0193. The van der Waals surface area contributed by atoms with E-state index in [9.17, 15) is 9.90 Å². The molecule has 3 rings (SSSR count). The van der Waals surface area contributed by atoms with Crippen molar-refractivity contribution >= 4 is 17.4 Å². The number of nitrogens with one attached hydrogen (secondary N) is 1. The predicted octanol–water partition coefficient (Wildman–Crippen LogP) is 0.926. The summed E-state index contributed by atoms with van der Waals surface area (Å²) < 4.78 is 3.65. The number of aromatic nitrogens is 2. The van der Waals surface area contributed by atoms with Crippen LogP contribution in [0.1, 0.15) is 27.7 Å². The Morgan fingerprint density at radius 2 is 2.28 bits per heavy atom. The molecule has 0 aliphatic heterocycles. The number of rotatable bonds is 2. The predicted molar refractivity (Wildman–Crippen MR) is 66.3 cm³/mol. The minimum absolute atomic E-state index is 0.289. The van der Waals surface area contributed by atoms with Crippen molar-refractivity contribution in [3.63, 3.8) is 0 Å². The van der Waals surface area contributed by atoms with E-state index in [0.29, 0.717) is 6.42 Å². The van der Waals surface area contributed by atoms with Crippen molar-refractivity contribution in [3.05, 3.63) is 46.5 Å². The summed E-state index contributed by atoms with van der Waals surface area (Å²) >= 11 is 1.13. The van der Waals surface area contributed by atoms with Crippen LogP contribution in [0.15, 0.2) is 29.6 Å². The van der Waals surface area contributed by atoms with Gasteiger partial charge in [0.1, 0.15) is 0 Å². The highest BCUT2D eigenvalue weighted by Gasteiger charge is 2.32. The molecule has 0 spiro atoms. The molecule has 0 saturated heterocycles. The largest absolute Gasteiger partial charge is 0.390 e. The van der Waals surface area contributed by atoms with Crippen molar-refractivity contribution in [1.82, 2.24) is 14.9 Å². The maximum Gasteiger partial charge on any atom is 0.273 e. The van der Waals surface area contributed by atoms with Gasteiger partial charge in [0.2, 0.25) is 0 Å². The molecule has 2 N–H and O–H groups in total. The van der Waals surface area contributed by atoms with Crippen LogP contribution >= 0.6 is 11.5 Å². The lowest BCUT2D eigenvalue weighted by molar-refractivity contribution is 0.0853. The Kier molecular flexibility index (Phi) is 2.81. The van der Waals surface area contributed by atoms with E-state index in [1.54, 1.807) is 5.38 Å². The summed E-state index contributed by atoms with van der Waals surface area (Å²) in [6.45, 7) is 0. The number of aliphatic hydroxyl groups is 1. The van der Waals surface area contributed by atoms with E-state index in [2.05, 4.69) is 14.9 Å². The Morgan fingerprint density at radius 1 is 1.44 bits per heavy atom. The van der Waals surface area contributed by atoms with E-state index in [1.165, 1.54) is 0 Å². The fourth-order valence-corrected chi connectivity index (χ4v) is 2.66. The third-order valence-corrected chi connectivity index (χ3v) is 3.59. The van der Waals surface area contributed by atoms with Gasteiger partial charge in [-0.1, -0.05) is 28.8 Å². The molecule has 1 aromatic carbocycles. The number of hydrogen-bond acceptors (Lipinski definition) is 5. The molecule has 0 bridgehead atoms. The smallest absolute Gasteiger partial charge is 0.273 e. The number of aliphatic hydroxyl groups excluding tert-OH is 1. The second kappa shape index (κ2) is 4.47. The molecule has 1 heterocycles. The zero-order valence-electron chi connectivity index (χ0n) is 9.41. The maximum atomic E-state index is 11.9. The van der Waals surface area contributed by atoms with Crippen LogP contribution in [-0.4, -0.2) is 26.7 Å². The normalized spacial score (nSPS) is 21.6. The zero-order chi connectivity index (χ0) is 12.5. The molecular weight excluding hydrogens is 250 g/mol. The summed E-state index contributed by atoms with van der Waals surface area (Å²) in [5, 5.41) is 18.1. The Balaban J connectivity index is 1.83. The van der Waals surface area contributed by atoms with Gasteiger partial charge in [0.15, 0.2) is 5.69 Å². The highest BCUT2D eigenvalue weighted by atomic mass is 32.1. The van der Waals surface area contributed by atoms with E-state index >= 15 is 0 Å². The quantitative estimate of drug-likeness (QED) is 0.843. The second-order valence-corrected chi connectivity index (χ2v) is 4.82. The van der Waals surface area contributed by atoms with Gasteiger partial charge >= 0.3 is 0 Å². The second-order valence-electron chi connectivity index (χ2n) is 4.21. The fourth-order valence-electron chi connectivity index (χ4n) is 2.23. The Hall–Kier alpha value is -1.79. The zero-order valence-corrected chi connectivity index (χ0v) is 10.2. The van der Waals surface area contributed by atoms with Crippen LogP contribution in [0, 0.1) is 0 Å². The average molecular weight is 261 g/mol. The van der Waals surface area contributed by atoms with Crippen LogP contribution in [0.25, 0.3) is 0 Å². The Bertz CT molecular complexity index is 570. The number of fused-ring (bicyclic) bond motifs is 1. The molecule has 0 saturated carbocycles. The van der Waals surface area contributed by atoms with Crippen LogP contribution in [0.4, 0.5) is 0 Å². The highest BCUT2D eigenvalue weighted by Crippen LogP contribution is 2.31. The molecule has 92 valence electrons. The fraction of sp³-hybridized carbons (Fsp3) is 0.250. The van der Waals surface area contributed by atoms with Crippen LogP contribution < -0.4 is 5.32 Å². The van der Waals surface area contributed by atoms with Gasteiger partial charge in [-0.2, -0.15) is 0 Å². The number of benzene rings is 1. The van der Waals surface area contributed by atoms with Gasteiger partial charge in [0, 0.05) is 11.8 Å². The van der Waals surface area contributed by atoms with E-state index in [4.69, 9.17) is 0 Å². The minimum Gasteiger partial charge on any atom is -0.390 e. The molecule has 1 aliphatic rings. The van der Waals surface area contributed by atoms with Crippen molar-refractivity contribution in [2.45, 2.75) is 18.6 Å². The molecule has 18 heavy (non-hydrogen) atoms. The van der Waals surface area contributed by atoms with Crippen molar-refractivity contribution < 1.29 is 9.90 Å². The van der Waals surface area contributed by atoms with Gasteiger partial charge in [0.25, 0.3) is 5.91 Å². The lowest BCUT2D eigenvalue weighted by Crippen LogP contribution is -2.34. The Labute approximate surface area is 108 Å². The third kappa shape index (κ3) is 1.89. The molecule has 6 heteroatoms. The summed E-state index contributed by atoms with van der Waals surface area (Å²) in [6, 6.07) is 7.36. The number of nitrogens with zero attached hydrogens (tertiary/aromatic N) is 2. The molecule has 2 unspecified atom stereocenters. The van der Waals surface area contributed by atoms with Crippen molar-refractivity contribution in [2.75, 3.05) is 0 Å². The SMILES string of the molecule is O=C(NC1c2ccccc2CC1O)c1csnn1. The lowest BCUT2D eigenvalue weighted by Gasteiger charge is -2.16. The topological polar surface area (TPSA) is 75.1 Å². The first-order valence-corrected chi connectivity index (χ1v) is 6.43. The van der Waals surface area contributed by atoms with Crippen LogP contribution in [0.3, 0.4) is 0 Å². The monoisotopic (exact) mass is 261 g/mol. The third-order valence-electron chi connectivity index (χ3n) is 3.08. The number of hydrogen-bond donors (Lipinski definition) is 2. The summed E-state index contributed by atoms with van der Waals surface area (Å²) in [7, 11) is 0. The van der Waals surface area contributed by atoms with Crippen molar-refractivity contribution in [1.29, 1.82) is 0 Å². The standard InChI is InChI=1S/C12H11N3O2S/c16-10-5-7-3-1-2-4-8(7)11(10)13-12(17)9-6-18-15-14-9/h1-4,6,10-11,16H,5H2,(H,13,17). The first-order chi connectivity index (χ1) is 8.75. The maximum absolute atomic E-state index is 11.9. The number of carbonyl (C=O) groups excluding carboxylic acids is 1. The molecule has 2 atom stereocenters. The first-order valence-electron chi connectivity index (χ1n) is 5.59. The number of amides is 1. The number of carbonyl (C=O) groups is 1. The van der Waals surface area contributed by atoms with Crippen LogP contribution in [0.2, 0.25) is 0 Å². The van der Waals surface area contributed by atoms with Gasteiger partial charge in [-0.05, 0) is 22.7 Å². The van der Waals surface area contributed by atoms with Gasteiger partial charge < -0.3 is 10.4 Å². The van der Waals surface area contributed by atoms with Crippen molar-refractivity contribution in [3.8, 4) is 0 Å². The van der Waals surface area contributed by atoms with Gasteiger partial charge in [-0.15, -0.1) is 5.10 Å². The van der Waals surface area contributed by atoms with E-state index in [0.717, 1.165) is 22.7 Å². The van der Waals surface area contributed by atoms with Gasteiger partial charge in [0.05, 0.1) is 12.1 Å². The molecular formula is C12H11N3O2S. The lowest BCUT2D eigenvalue weighted by atomic mass is 10.1. The highest BCUT2D eigenvalue weighted by molar-refractivity contribution is 7.03. The van der Waals surface area contributed by atoms with Crippen molar-refractivity contribution in [2.24, 2.45) is 0 Å². The molecule has 1 aromatic heterocycles. The van der Waals surface area contributed by atoms with Gasteiger partial charge in [-0.25, -0.2) is 0 Å². The van der Waals surface area contributed by atoms with E-state index < -0.39 is 6.10 Å². The molecule has 5 nitrogen and oxygen atoms in total. The van der Waals surface area contributed by atoms with Gasteiger partial charge in [-0.3, -0.25) is 4.79 Å². The molecule has 2 aromatic rings. The summed E-state index contributed by atoms with van der Waals surface area (Å²) in [5.41, 5.74) is 2.34. The Morgan fingerprint density at radius 3 is 3.06 bits per heavy atom. The minimum atomic E-state index is -0.585. The van der Waals surface area contributed by atoms with Crippen LogP contribution in [-0.2, 0) is 6.42 Å². The van der Waals surface area contributed by atoms with E-state index in [-0.39, 0.29) is 17.6 Å². The molecule has 1 amide bonds. The van der Waals surface area contributed by atoms with Crippen LogP contribution in [0.5, 0.6) is 0 Å². The van der Waals surface area contributed by atoms with E-state index in [1.807, 2.05) is 24.3 Å². The summed E-state index contributed by atoms with van der Waals surface area (Å²) in [4.78, 5) is 11.9. The molecule has 0 radical (unpaired) electrons. The molecule has 1 aliphatic carbocycles. The first kappa shape index (κ1) is 11.3. The summed E-state index contributed by atoms with van der Waals surface area (Å²) in [5.74, 6) is -0.301. The average Bonchev–Trinajstić information content (AvgIpc) is 2.98. The molecule has 0 fully saturated rings.